The zero-order chi connectivity index (χ0) is 23.4. The maximum absolute atomic E-state index is 12.8. The van der Waals surface area contributed by atoms with Crippen LogP contribution in [0.4, 0.5) is 0 Å². The minimum atomic E-state index is -0.243. The number of ether oxygens (including phenoxy) is 2. The lowest BCUT2D eigenvalue weighted by Gasteiger charge is -2.21. The van der Waals surface area contributed by atoms with Crippen molar-refractivity contribution in [2.45, 2.75) is 39.4 Å². The molecule has 0 radical (unpaired) electrons. The third-order valence-corrected chi connectivity index (χ3v) is 6.09. The number of hydrogen-bond acceptors (Lipinski definition) is 6. The Balaban J connectivity index is 1.43. The van der Waals surface area contributed by atoms with Crippen LogP contribution in [0.25, 0.3) is 0 Å². The monoisotopic (exact) mass is 449 g/mol. The predicted molar refractivity (Wildman–Crippen MR) is 126 cm³/mol. The average Bonchev–Trinajstić information content (AvgIpc) is 3.13. The minimum absolute atomic E-state index is 0.0971. The van der Waals surface area contributed by atoms with E-state index in [1.54, 1.807) is 14.2 Å². The highest BCUT2D eigenvalue weighted by Gasteiger charge is 2.23. The molecule has 3 aromatic rings. The van der Waals surface area contributed by atoms with Crippen molar-refractivity contribution >= 4 is 5.91 Å². The smallest absolute Gasteiger partial charge is 0.252 e. The van der Waals surface area contributed by atoms with Gasteiger partial charge in [0.2, 0.25) is 0 Å². The molecule has 1 amide bonds. The van der Waals surface area contributed by atoms with E-state index < -0.39 is 0 Å². The molecule has 1 N–H and O–H groups in total. The molecule has 174 valence electrons. The third kappa shape index (κ3) is 5.17. The molecule has 1 aliphatic heterocycles. The molecule has 2 heterocycles. The van der Waals surface area contributed by atoms with Crippen molar-refractivity contribution in [1.29, 1.82) is 0 Å². The summed E-state index contributed by atoms with van der Waals surface area (Å²) in [5.74, 6) is 3.22. The van der Waals surface area contributed by atoms with Crippen LogP contribution in [0.1, 0.15) is 46.1 Å². The predicted octanol–water partition coefficient (Wildman–Crippen LogP) is 3.15. The van der Waals surface area contributed by atoms with E-state index in [0.717, 1.165) is 66.9 Å². The van der Waals surface area contributed by atoms with Gasteiger partial charge in [0.15, 0.2) is 5.82 Å². The molecule has 0 unspecified atom stereocenters. The van der Waals surface area contributed by atoms with Crippen molar-refractivity contribution in [3.05, 3.63) is 70.8 Å². The summed E-state index contributed by atoms with van der Waals surface area (Å²) >= 11 is 0. The summed E-state index contributed by atoms with van der Waals surface area (Å²) in [7, 11) is 3.33. The van der Waals surface area contributed by atoms with Gasteiger partial charge in [-0.05, 0) is 43.2 Å². The first-order valence-corrected chi connectivity index (χ1v) is 11.2. The molecule has 0 saturated heterocycles. The zero-order valence-corrected chi connectivity index (χ0v) is 19.7. The first-order chi connectivity index (χ1) is 16.0. The molecule has 8 nitrogen and oxygen atoms in total. The van der Waals surface area contributed by atoms with Crippen LogP contribution in [0.2, 0.25) is 0 Å². The fraction of sp³-hybridized carbons (Fsp3) is 0.400. The first-order valence-electron chi connectivity index (χ1n) is 11.2. The molecule has 2 aromatic carbocycles. The lowest BCUT2D eigenvalue weighted by Crippen LogP contribution is -2.30. The Bertz CT molecular complexity index is 1100. The number of nitrogens with one attached hydrogen (secondary N) is 1. The van der Waals surface area contributed by atoms with Gasteiger partial charge in [0.05, 0.1) is 20.3 Å². The van der Waals surface area contributed by atoms with Gasteiger partial charge < -0.3 is 19.4 Å². The SMILES string of the molecule is COc1cc(CN2CCc3nnc([C@H](C)NC(=O)c4ccccc4C)n3CC2)cc(OC)c1. The number of carbonyl (C=O) groups excluding carboxylic acids is 1. The Kier molecular flexibility index (Phi) is 6.93. The summed E-state index contributed by atoms with van der Waals surface area (Å²) in [5, 5.41) is 11.9. The summed E-state index contributed by atoms with van der Waals surface area (Å²) in [5.41, 5.74) is 2.77. The van der Waals surface area contributed by atoms with Gasteiger partial charge in [0, 0.05) is 44.2 Å². The number of amides is 1. The Hall–Kier alpha value is -3.39. The van der Waals surface area contributed by atoms with E-state index in [2.05, 4.69) is 25.0 Å². The van der Waals surface area contributed by atoms with E-state index in [1.807, 2.05) is 56.3 Å². The van der Waals surface area contributed by atoms with Crippen molar-refractivity contribution < 1.29 is 14.3 Å². The summed E-state index contributed by atoms with van der Waals surface area (Å²) in [4.78, 5) is 15.2. The number of fused-ring (bicyclic) bond motifs is 1. The Labute approximate surface area is 194 Å². The molecular weight excluding hydrogens is 418 g/mol. The second-order valence-electron chi connectivity index (χ2n) is 8.38. The maximum atomic E-state index is 12.8. The van der Waals surface area contributed by atoms with Crippen LogP contribution in [0.3, 0.4) is 0 Å². The standard InChI is InChI=1S/C25H31N5O3/c1-17-7-5-6-8-22(17)25(31)26-18(2)24-28-27-23-9-10-29(11-12-30(23)24)16-19-13-20(32-3)15-21(14-19)33-4/h5-8,13-15,18H,9-12,16H2,1-4H3,(H,26,31)/t18-/m0/s1. The number of methoxy groups -OCH3 is 2. The minimum Gasteiger partial charge on any atom is -0.497 e. The van der Waals surface area contributed by atoms with E-state index in [1.165, 1.54) is 0 Å². The number of carbonyl (C=O) groups is 1. The molecule has 33 heavy (non-hydrogen) atoms. The largest absolute Gasteiger partial charge is 0.497 e. The van der Waals surface area contributed by atoms with Crippen LogP contribution >= 0.6 is 0 Å². The van der Waals surface area contributed by atoms with E-state index in [0.29, 0.717) is 5.56 Å². The molecule has 0 spiro atoms. The molecule has 0 saturated carbocycles. The Morgan fingerprint density at radius 2 is 1.79 bits per heavy atom. The molecular formula is C25H31N5O3. The Morgan fingerprint density at radius 1 is 1.06 bits per heavy atom. The number of aryl methyl sites for hydroxylation is 1. The normalized spacial score (nSPS) is 14.8. The van der Waals surface area contributed by atoms with Gasteiger partial charge in [-0.25, -0.2) is 0 Å². The van der Waals surface area contributed by atoms with E-state index in [9.17, 15) is 4.79 Å². The van der Waals surface area contributed by atoms with E-state index in [4.69, 9.17) is 9.47 Å². The van der Waals surface area contributed by atoms with Gasteiger partial charge in [-0.3, -0.25) is 9.69 Å². The fourth-order valence-corrected chi connectivity index (χ4v) is 4.25. The lowest BCUT2D eigenvalue weighted by molar-refractivity contribution is 0.0937. The van der Waals surface area contributed by atoms with Gasteiger partial charge in [-0.15, -0.1) is 10.2 Å². The highest BCUT2D eigenvalue weighted by molar-refractivity contribution is 5.95. The Morgan fingerprint density at radius 3 is 2.48 bits per heavy atom. The van der Waals surface area contributed by atoms with Gasteiger partial charge in [0.1, 0.15) is 17.3 Å². The summed E-state index contributed by atoms with van der Waals surface area (Å²) < 4.78 is 13.0. The highest BCUT2D eigenvalue weighted by Crippen LogP contribution is 2.24. The van der Waals surface area contributed by atoms with Crippen LogP contribution in [0.5, 0.6) is 11.5 Å². The van der Waals surface area contributed by atoms with Crippen LogP contribution in [0.15, 0.2) is 42.5 Å². The van der Waals surface area contributed by atoms with Crippen LogP contribution in [-0.4, -0.2) is 52.9 Å². The quantitative estimate of drug-likeness (QED) is 0.597. The summed E-state index contributed by atoms with van der Waals surface area (Å²) in [6.07, 6.45) is 0.798. The number of nitrogens with zero attached hydrogens (tertiary/aromatic N) is 4. The van der Waals surface area contributed by atoms with Crippen molar-refractivity contribution in [2.24, 2.45) is 0 Å². The molecule has 1 atom stereocenters. The molecule has 1 aromatic heterocycles. The molecule has 0 aliphatic carbocycles. The van der Waals surface area contributed by atoms with Crippen molar-refractivity contribution in [2.75, 3.05) is 27.3 Å². The number of aromatic nitrogens is 3. The average molecular weight is 450 g/mol. The third-order valence-electron chi connectivity index (χ3n) is 6.09. The van der Waals surface area contributed by atoms with Crippen LogP contribution in [0, 0.1) is 6.92 Å². The van der Waals surface area contributed by atoms with Crippen molar-refractivity contribution in [3.63, 3.8) is 0 Å². The summed E-state index contributed by atoms with van der Waals surface area (Å²) in [6.45, 7) is 7.19. The van der Waals surface area contributed by atoms with Crippen LogP contribution in [-0.2, 0) is 19.5 Å². The maximum Gasteiger partial charge on any atom is 0.252 e. The first kappa shape index (κ1) is 22.8. The zero-order valence-electron chi connectivity index (χ0n) is 19.7. The number of rotatable bonds is 7. The van der Waals surface area contributed by atoms with Crippen molar-refractivity contribution in [3.8, 4) is 11.5 Å². The molecule has 8 heteroatoms. The number of hydrogen-bond donors (Lipinski definition) is 1. The molecule has 0 fully saturated rings. The van der Waals surface area contributed by atoms with Gasteiger partial charge in [0.25, 0.3) is 5.91 Å². The second kappa shape index (κ2) is 10.0. The second-order valence-corrected chi connectivity index (χ2v) is 8.38. The highest BCUT2D eigenvalue weighted by atomic mass is 16.5. The number of benzene rings is 2. The van der Waals surface area contributed by atoms with Crippen molar-refractivity contribution in [1.82, 2.24) is 25.0 Å². The van der Waals surface area contributed by atoms with Gasteiger partial charge in [-0.2, -0.15) is 0 Å². The summed E-state index contributed by atoms with van der Waals surface area (Å²) in [6, 6.07) is 13.3. The van der Waals surface area contributed by atoms with Gasteiger partial charge >= 0.3 is 0 Å². The van der Waals surface area contributed by atoms with E-state index in [-0.39, 0.29) is 11.9 Å². The van der Waals surface area contributed by atoms with Gasteiger partial charge in [-0.1, -0.05) is 18.2 Å². The lowest BCUT2D eigenvalue weighted by atomic mass is 10.1. The van der Waals surface area contributed by atoms with E-state index >= 15 is 0 Å². The topological polar surface area (TPSA) is 81.5 Å². The molecule has 0 bridgehead atoms. The molecule has 4 rings (SSSR count). The fourth-order valence-electron chi connectivity index (χ4n) is 4.25. The van der Waals surface area contributed by atoms with Crippen LogP contribution < -0.4 is 14.8 Å². The molecule has 1 aliphatic rings.